The van der Waals surface area contributed by atoms with Gasteiger partial charge in [-0.05, 0) is 32.1 Å². The first-order valence-electron chi connectivity index (χ1n) is 8.31. The van der Waals surface area contributed by atoms with E-state index in [-0.39, 0.29) is 11.9 Å². The Labute approximate surface area is 156 Å². The lowest BCUT2D eigenvalue weighted by Gasteiger charge is -2.05. The second kappa shape index (κ2) is 8.13. The average Bonchev–Trinajstić information content (AvgIpc) is 2.99. The summed E-state index contributed by atoms with van der Waals surface area (Å²) >= 11 is 0. The van der Waals surface area contributed by atoms with E-state index in [9.17, 15) is 4.79 Å². The normalized spacial score (nSPS) is 10.8. The predicted octanol–water partition coefficient (Wildman–Crippen LogP) is 2.44. The van der Waals surface area contributed by atoms with Crippen LogP contribution < -0.4 is 15.6 Å². The molecule has 0 aliphatic rings. The zero-order chi connectivity index (χ0) is 19.2. The Morgan fingerprint density at radius 3 is 2.70 bits per heavy atom. The first-order chi connectivity index (χ1) is 13.1. The van der Waals surface area contributed by atoms with E-state index in [4.69, 9.17) is 4.74 Å². The number of amides is 1. The molecule has 8 nitrogen and oxygen atoms in total. The zero-order valence-electron chi connectivity index (χ0n) is 15.3. The van der Waals surface area contributed by atoms with E-state index in [0.717, 1.165) is 22.6 Å². The molecule has 0 fully saturated rings. The highest BCUT2D eigenvalue weighted by molar-refractivity contribution is 5.92. The van der Waals surface area contributed by atoms with Crippen LogP contribution in [-0.2, 0) is 4.79 Å². The molecule has 8 heteroatoms. The fourth-order valence-corrected chi connectivity index (χ4v) is 2.55. The van der Waals surface area contributed by atoms with Gasteiger partial charge in [0.2, 0.25) is 11.8 Å². The molecule has 3 rings (SSSR count). The third-order valence-corrected chi connectivity index (χ3v) is 3.89. The van der Waals surface area contributed by atoms with Crippen LogP contribution in [-0.4, -0.2) is 32.8 Å². The van der Waals surface area contributed by atoms with E-state index in [2.05, 4.69) is 25.9 Å². The molecule has 2 aromatic heterocycles. The highest BCUT2D eigenvalue weighted by atomic mass is 16.5. The van der Waals surface area contributed by atoms with E-state index in [0.29, 0.717) is 5.88 Å². The molecule has 0 saturated heterocycles. The van der Waals surface area contributed by atoms with Crippen LogP contribution in [0.25, 0.3) is 11.8 Å². The summed E-state index contributed by atoms with van der Waals surface area (Å²) in [6.07, 6.45) is 4.70. The SMILES string of the molecule is COc1ccnc(NNC(=O)/C=C/c2c(C)nn(-c3ccccc3)c2C)n1. The predicted molar refractivity (Wildman–Crippen MR) is 102 cm³/mol. The number of aryl methyl sites for hydroxylation is 1. The molecular weight excluding hydrogens is 344 g/mol. The number of benzene rings is 1. The lowest BCUT2D eigenvalue weighted by Crippen LogP contribution is -2.28. The summed E-state index contributed by atoms with van der Waals surface area (Å²) in [5.74, 6) is 0.296. The number of hydrogen-bond acceptors (Lipinski definition) is 6. The lowest BCUT2D eigenvalue weighted by molar-refractivity contribution is -0.116. The van der Waals surface area contributed by atoms with Crippen molar-refractivity contribution in [2.75, 3.05) is 12.5 Å². The number of anilines is 1. The van der Waals surface area contributed by atoms with Crippen molar-refractivity contribution in [3.8, 4) is 11.6 Å². The van der Waals surface area contributed by atoms with Crippen molar-refractivity contribution >= 4 is 17.9 Å². The molecule has 0 spiro atoms. The molecule has 0 radical (unpaired) electrons. The van der Waals surface area contributed by atoms with Crippen molar-refractivity contribution in [1.29, 1.82) is 0 Å². The topological polar surface area (TPSA) is 94.0 Å². The summed E-state index contributed by atoms with van der Waals surface area (Å²) in [5.41, 5.74) is 8.81. The Kier molecular flexibility index (Phi) is 5.46. The lowest BCUT2D eigenvalue weighted by atomic mass is 10.2. The van der Waals surface area contributed by atoms with E-state index in [1.165, 1.54) is 19.4 Å². The van der Waals surface area contributed by atoms with Gasteiger partial charge in [-0.15, -0.1) is 0 Å². The molecule has 0 unspecified atom stereocenters. The molecule has 0 aliphatic heterocycles. The molecule has 0 saturated carbocycles. The third kappa shape index (κ3) is 4.30. The highest BCUT2D eigenvalue weighted by Gasteiger charge is 2.10. The number of ether oxygens (including phenoxy) is 1. The first-order valence-corrected chi connectivity index (χ1v) is 8.31. The first kappa shape index (κ1) is 18.1. The fourth-order valence-electron chi connectivity index (χ4n) is 2.55. The van der Waals surface area contributed by atoms with Crippen LogP contribution in [0.5, 0.6) is 5.88 Å². The quantitative estimate of drug-likeness (QED) is 0.515. The molecule has 0 bridgehead atoms. The number of hydrazine groups is 1. The van der Waals surface area contributed by atoms with Gasteiger partial charge in [0.15, 0.2) is 0 Å². The second-order valence-electron chi connectivity index (χ2n) is 5.70. The molecule has 27 heavy (non-hydrogen) atoms. The number of nitrogens with one attached hydrogen (secondary N) is 2. The number of rotatable bonds is 6. The van der Waals surface area contributed by atoms with Crippen molar-refractivity contribution in [3.05, 3.63) is 65.6 Å². The summed E-state index contributed by atoms with van der Waals surface area (Å²) in [6, 6.07) is 11.5. The smallest absolute Gasteiger partial charge is 0.262 e. The van der Waals surface area contributed by atoms with Crippen LogP contribution >= 0.6 is 0 Å². The van der Waals surface area contributed by atoms with Crippen molar-refractivity contribution < 1.29 is 9.53 Å². The van der Waals surface area contributed by atoms with Gasteiger partial charge in [-0.25, -0.2) is 9.67 Å². The Balaban J connectivity index is 1.68. The van der Waals surface area contributed by atoms with Crippen LogP contribution in [0.1, 0.15) is 17.0 Å². The Hall–Kier alpha value is -3.68. The maximum absolute atomic E-state index is 12.1. The van der Waals surface area contributed by atoms with Crippen LogP contribution in [0.4, 0.5) is 5.95 Å². The Morgan fingerprint density at radius 2 is 1.96 bits per heavy atom. The monoisotopic (exact) mass is 364 g/mol. The molecule has 1 aromatic carbocycles. The van der Waals surface area contributed by atoms with Gasteiger partial charge in [-0.2, -0.15) is 10.1 Å². The molecule has 3 aromatic rings. The van der Waals surface area contributed by atoms with Crippen molar-refractivity contribution in [1.82, 2.24) is 25.2 Å². The molecule has 1 amide bonds. The van der Waals surface area contributed by atoms with Gasteiger partial charge < -0.3 is 4.74 Å². The molecule has 138 valence electrons. The highest BCUT2D eigenvalue weighted by Crippen LogP contribution is 2.19. The number of methoxy groups -OCH3 is 1. The largest absolute Gasteiger partial charge is 0.481 e. The van der Waals surface area contributed by atoms with Crippen LogP contribution in [0.2, 0.25) is 0 Å². The van der Waals surface area contributed by atoms with E-state index in [1.54, 1.807) is 12.1 Å². The number of para-hydroxylation sites is 1. The van der Waals surface area contributed by atoms with E-state index in [1.807, 2.05) is 48.9 Å². The Morgan fingerprint density at radius 1 is 1.19 bits per heavy atom. The van der Waals surface area contributed by atoms with Crippen LogP contribution in [0.3, 0.4) is 0 Å². The zero-order valence-corrected chi connectivity index (χ0v) is 15.3. The minimum absolute atomic E-state index is 0.236. The van der Waals surface area contributed by atoms with Crippen molar-refractivity contribution in [3.63, 3.8) is 0 Å². The molecule has 2 N–H and O–H groups in total. The summed E-state index contributed by atoms with van der Waals surface area (Å²) < 4.78 is 6.86. The van der Waals surface area contributed by atoms with Gasteiger partial charge in [-0.3, -0.25) is 15.6 Å². The second-order valence-corrected chi connectivity index (χ2v) is 5.70. The summed E-state index contributed by atoms with van der Waals surface area (Å²) in [4.78, 5) is 20.1. The number of carbonyl (C=O) groups excluding carboxylic acids is 1. The summed E-state index contributed by atoms with van der Waals surface area (Å²) in [7, 11) is 1.51. The minimum Gasteiger partial charge on any atom is -0.481 e. The van der Waals surface area contributed by atoms with Crippen LogP contribution in [0.15, 0.2) is 48.7 Å². The number of nitrogens with zero attached hydrogens (tertiary/aromatic N) is 4. The van der Waals surface area contributed by atoms with Gasteiger partial charge in [0.1, 0.15) is 0 Å². The summed E-state index contributed by atoms with van der Waals surface area (Å²) in [6.45, 7) is 3.87. The van der Waals surface area contributed by atoms with Gasteiger partial charge in [0.25, 0.3) is 5.91 Å². The molecule has 0 aliphatic carbocycles. The number of aromatic nitrogens is 4. The summed E-state index contributed by atoms with van der Waals surface area (Å²) in [5, 5.41) is 4.56. The third-order valence-electron chi connectivity index (χ3n) is 3.89. The number of hydrogen-bond donors (Lipinski definition) is 2. The van der Waals surface area contributed by atoms with E-state index < -0.39 is 0 Å². The number of carbonyl (C=O) groups is 1. The molecule has 2 heterocycles. The van der Waals surface area contributed by atoms with Crippen molar-refractivity contribution in [2.45, 2.75) is 13.8 Å². The van der Waals surface area contributed by atoms with Gasteiger partial charge in [-0.1, -0.05) is 18.2 Å². The van der Waals surface area contributed by atoms with Gasteiger partial charge >= 0.3 is 0 Å². The fraction of sp³-hybridized carbons (Fsp3) is 0.158. The van der Waals surface area contributed by atoms with Gasteiger partial charge in [0.05, 0.1) is 18.5 Å². The maximum Gasteiger partial charge on any atom is 0.262 e. The average molecular weight is 364 g/mol. The maximum atomic E-state index is 12.1. The standard InChI is InChI=1S/C19H20N6O2/c1-13-16(14(2)25(24-13)15-7-5-4-6-8-15)9-10-17(26)22-23-19-20-12-11-18(21-19)27-3/h4-12H,1-3H3,(H,22,26)(H,20,21,23)/b10-9+. The Bertz CT molecular complexity index is 966. The molecular formula is C19H20N6O2. The van der Waals surface area contributed by atoms with Gasteiger partial charge in [0, 0.05) is 29.6 Å². The van der Waals surface area contributed by atoms with Crippen LogP contribution in [0, 0.1) is 13.8 Å². The van der Waals surface area contributed by atoms with E-state index >= 15 is 0 Å². The minimum atomic E-state index is -0.340. The molecule has 0 atom stereocenters. The van der Waals surface area contributed by atoms with Crippen molar-refractivity contribution in [2.24, 2.45) is 0 Å².